The van der Waals surface area contributed by atoms with Gasteiger partial charge in [-0.25, -0.2) is 0 Å². The Hall–Kier alpha value is -1.94. The van der Waals surface area contributed by atoms with Crippen molar-refractivity contribution in [2.75, 3.05) is 25.6 Å². The average Bonchev–Trinajstić information content (AvgIpc) is 3.33. The molecule has 0 aromatic heterocycles. The van der Waals surface area contributed by atoms with Gasteiger partial charge in [-0.3, -0.25) is 24.1 Å². The lowest BCUT2D eigenvalue weighted by atomic mass is 9.81. The number of carbonyl (C=O) groups excluding carboxylic acids is 4. The summed E-state index contributed by atoms with van der Waals surface area (Å²) in [7, 11) is 1.51. The van der Waals surface area contributed by atoms with E-state index in [1.54, 1.807) is 24.3 Å². The molecule has 10 heteroatoms. The molecule has 8 nitrogen and oxygen atoms in total. The van der Waals surface area contributed by atoms with E-state index in [4.69, 9.17) is 9.47 Å². The summed E-state index contributed by atoms with van der Waals surface area (Å²) >= 11 is 7.24. The third kappa shape index (κ3) is 3.64. The highest BCUT2D eigenvalue weighted by molar-refractivity contribution is 9.12. The van der Waals surface area contributed by atoms with Gasteiger partial charge < -0.3 is 14.8 Å². The second-order valence-electron chi connectivity index (χ2n) is 7.71. The van der Waals surface area contributed by atoms with Crippen LogP contribution in [0.25, 0.3) is 0 Å². The summed E-state index contributed by atoms with van der Waals surface area (Å²) in [6, 6.07) is 6.74. The topological polar surface area (TPSA) is 102 Å². The number of nitrogens with one attached hydrogen (secondary N) is 1. The van der Waals surface area contributed by atoms with Gasteiger partial charge in [0, 0.05) is 21.4 Å². The van der Waals surface area contributed by atoms with E-state index in [0.29, 0.717) is 11.4 Å². The van der Waals surface area contributed by atoms with Crippen molar-refractivity contribution in [3.05, 3.63) is 24.3 Å². The first-order chi connectivity index (χ1) is 14.3. The number of esters is 1. The normalized spacial score (nSPS) is 31.6. The molecule has 3 fully saturated rings. The molecule has 1 saturated heterocycles. The van der Waals surface area contributed by atoms with Crippen LogP contribution >= 0.6 is 31.9 Å². The molecule has 2 bridgehead atoms. The minimum Gasteiger partial charge on any atom is -0.497 e. The maximum absolute atomic E-state index is 12.8. The minimum absolute atomic E-state index is 0.0792. The van der Waals surface area contributed by atoms with Gasteiger partial charge in [0.1, 0.15) is 12.3 Å². The molecule has 3 amide bonds. The molecule has 0 radical (unpaired) electrons. The van der Waals surface area contributed by atoms with Crippen molar-refractivity contribution in [2.24, 2.45) is 23.7 Å². The Morgan fingerprint density at radius 1 is 1.13 bits per heavy atom. The lowest BCUT2D eigenvalue weighted by Gasteiger charge is -2.28. The van der Waals surface area contributed by atoms with E-state index in [0.717, 1.165) is 11.3 Å². The average molecular weight is 544 g/mol. The van der Waals surface area contributed by atoms with Crippen LogP contribution in [0.4, 0.5) is 5.69 Å². The standard InChI is InChI=1S/C20H20Br2N2O6/c1-29-10-4-2-3-9(5-10)23-13(25)8-30-14(26)7-24-19(27)15-11-6-12(16(15)20(24)28)18(22)17(11)21/h2-5,11-12,15-18H,6-8H2,1H3,(H,23,25)/t11-,12-,15-,16+,17-,18+/m1/s1. The van der Waals surface area contributed by atoms with Gasteiger partial charge >= 0.3 is 5.97 Å². The van der Waals surface area contributed by atoms with Crippen molar-refractivity contribution in [1.82, 2.24) is 4.90 Å². The Morgan fingerprint density at radius 3 is 2.37 bits per heavy atom. The number of halogens is 2. The van der Waals surface area contributed by atoms with Crippen molar-refractivity contribution < 1.29 is 28.7 Å². The fraction of sp³-hybridized carbons (Fsp3) is 0.500. The van der Waals surface area contributed by atoms with Gasteiger partial charge in [-0.05, 0) is 30.4 Å². The van der Waals surface area contributed by atoms with Crippen LogP contribution in [0.1, 0.15) is 6.42 Å². The predicted octanol–water partition coefficient (Wildman–Crippen LogP) is 1.95. The van der Waals surface area contributed by atoms with Crippen LogP contribution < -0.4 is 10.1 Å². The van der Waals surface area contributed by atoms with Crippen LogP contribution in [0.3, 0.4) is 0 Å². The van der Waals surface area contributed by atoms with Crippen LogP contribution in [0.5, 0.6) is 5.75 Å². The second-order valence-corrected chi connectivity index (χ2v) is 9.82. The summed E-state index contributed by atoms with van der Waals surface area (Å²) < 4.78 is 10.1. The molecule has 30 heavy (non-hydrogen) atoms. The van der Waals surface area contributed by atoms with E-state index >= 15 is 0 Å². The fourth-order valence-electron chi connectivity index (χ4n) is 4.79. The number of ether oxygens (including phenoxy) is 2. The van der Waals surface area contributed by atoms with E-state index in [1.807, 2.05) is 0 Å². The zero-order valence-electron chi connectivity index (χ0n) is 16.0. The Labute approximate surface area is 189 Å². The highest BCUT2D eigenvalue weighted by Gasteiger charge is 2.66. The van der Waals surface area contributed by atoms with Gasteiger partial charge in [0.25, 0.3) is 5.91 Å². The van der Waals surface area contributed by atoms with Crippen molar-refractivity contribution in [3.63, 3.8) is 0 Å². The molecule has 2 aliphatic carbocycles. The summed E-state index contributed by atoms with van der Waals surface area (Å²) in [5, 5.41) is 2.59. The highest BCUT2D eigenvalue weighted by Crippen LogP contribution is 2.60. The number of hydrogen-bond acceptors (Lipinski definition) is 6. The van der Waals surface area contributed by atoms with Crippen molar-refractivity contribution in [2.45, 2.75) is 16.1 Å². The summed E-state index contributed by atoms with van der Waals surface area (Å²) in [6.07, 6.45) is 0.821. The summed E-state index contributed by atoms with van der Waals surface area (Å²) in [6.45, 7) is -0.992. The van der Waals surface area contributed by atoms with Gasteiger partial charge in [0.15, 0.2) is 6.61 Å². The van der Waals surface area contributed by atoms with Crippen LogP contribution in [0.2, 0.25) is 0 Å². The Morgan fingerprint density at radius 2 is 1.77 bits per heavy atom. The summed E-state index contributed by atoms with van der Waals surface area (Å²) in [4.78, 5) is 51.0. The maximum Gasteiger partial charge on any atom is 0.326 e. The van der Waals surface area contributed by atoms with Gasteiger partial charge in [-0.15, -0.1) is 0 Å². The van der Waals surface area contributed by atoms with Gasteiger partial charge in [-0.2, -0.15) is 0 Å². The molecule has 1 N–H and O–H groups in total. The number of benzene rings is 1. The number of methoxy groups -OCH3 is 1. The third-order valence-electron chi connectivity index (χ3n) is 6.08. The Bertz CT molecular complexity index is 877. The third-order valence-corrected chi connectivity index (χ3v) is 9.29. The van der Waals surface area contributed by atoms with Crippen molar-refractivity contribution in [1.29, 1.82) is 0 Å². The molecule has 3 aliphatic rings. The first-order valence-corrected chi connectivity index (χ1v) is 11.4. The minimum atomic E-state index is -0.796. The van der Waals surface area contributed by atoms with E-state index in [2.05, 4.69) is 37.2 Å². The monoisotopic (exact) mass is 542 g/mol. The predicted molar refractivity (Wildman–Crippen MR) is 113 cm³/mol. The number of anilines is 1. The van der Waals surface area contributed by atoms with E-state index < -0.39 is 25.0 Å². The number of amides is 3. The van der Waals surface area contributed by atoms with E-state index in [-0.39, 0.29) is 45.1 Å². The zero-order chi connectivity index (χ0) is 21.6. The molecule has 1 heterocycles. The van der Waals surface area contributed by atoms with Crippen LogP contribution in [-0.2, 0) is 23.9 Å². The summed E-state index contributed by atoms with van der Waals surface area (Å²) in [5.41, 5.74) is 0.497. The van der Waals surface area contributed by atoms with E-state index in [9.17, 15) is 19.2 Å². The molecule has 2 saturated carbocycles. The second kappa shape index (κ2) is 8.30. The first-order valence-electron chi connectivity index (χ1n) is 9.54. The van der Waals surface area contributed by atoms with Crippen LogP contribution in [0.15, 0.2) is 24.3 Å². The molecule has 1 aliphatic heterocycles. The van der Waals surface area contributed by atoms with E-state index in [1.165, 1.54) is 7.11 Å². The smallest absolute Gasteiger partial charge is 0.326 e. The van der Waals surface area contributed by atoms with Crippen molar-refractivity contribution in [3.8, 4) is 5.75 Å². The van der Waals surface area contributed by atoms with Crippen LogP contribution in [0, 0.1) is 23.7 Å². The lowest BCUT2D eigenvalue weighted by molar-refractivity contribution is -0.154. The van der Waals surface area contributed by atoms with Crippen molar-refractivity contribution >= 4 is 61.2 Å². The summed E-state index contributed by atoms with van der Waals surface area (Å²) in [5.74, 6) is -2.00. The molecule has 6 atom stereocenters. The number of hydrogen-bond donors (Lipinski definition) is 1. The molecule has 160 valence electrons. The number of likely N-dealkylation sites (tertiary alicyclic amines) is 1. The van der Waals surface area contributed by atoms with Crippen LogP contribution in [-0.4, -0.2) is 58.5 Å². The number of imide groups is 1. The number of rotatable bonds is 6. The van der Waals surface area contributed by atoms with Gasteiger partial charge in [-0.1, -0.05) is 37.9 Å². The fourth-order valence-corrected chi connectivity index (χ4v) is 6.66. The molecule has 1 aromatic carbocycles. The number of alkyl halides is 2. The molecule has 4 rings (SSSR count). The first kappa shape index (κ1) is 21.3. The quantitative estimate of drug-likeness (QED) is 0.334. The zero-order valence-corrected chi connectivity index (χ0v) is 19.2. The highest BCUT2D eigenvalue weighted by atomic mass is 79.9. The number of fused-ring (bicyclic) bond motifs is 5. The molecule has 0 spiro atoms. The number of nitrogens with zero attached hydrogens (tertiary/aromatic N) is 1. The maximum atomic E-state index is 12.8. The SMILES string of the molecule is COc1cccc(NC(=O)COC(=O)CN2C(=O)[C@@H]3[C@H]4C[C@@H]([C@H](Br)[C@@H]4Br)[C@@H]3C2=O)c1. The molecule has 0 unspecified atom stereocenters. The van der Waals surface area contributed by atoms with Gasteiger partial charge in [0.05, 0.1) is 18.9 Å². The Kier molecular flexibility index (Phi) is 5.89. The molecular weight excluding hydrogens is 524 g/mol. The van der Waals surface area contributed by atoms with Gasteiger partial charge in [0.2, 0.25) is 11.8 Å². The molecular formula is C20H20Br2N2O6. The Balaban J connectivity index is 1.31. The molecule has 1 aromatic rings. The lowest BCUT2D eigenvalue weighted by Crippen LogP contribution is -2.38. The largest absolute Gasteiger partial charge is 0.497 e. The number of carbonyl (C=O) groups is 4.